The predicted molar refractivity (Wildman–Crippen MR) is 114 cm³/mol. The number of amides is 1. The lowest BCUT2D eigenvalue weighted by Crippen LogP contribution is -2.26. The van der Waals surface area contributed by atoms with Crippen LogP contribution in [-0.4, -0.2) is 20.7 Å². The lowest BCUT2D eigenvalue weighted by molar-refractivity contribution is 0.101. The van der Waals surface area contributed by atoms with Gasteiger partial charge in [-0.15, -0.1) is 0 Å². The highest BCUT2D eigenvalue weighted by atomic mass is 35.5. The van der Waals surface area contributed by atoms with Crippen LogP contribution in [0.5, 0.6) is 0 Å². The number of hydrogen-bond donors (Lipinski definition) is 1. The maximum Gasteiger partial charge on any atom is 0.281 e. The molecule has 0 spiro atoms. The highest BCUT2D eigenvalue weighted by molar-refractivity contribution is 7.22. The number of aryl methyl sites for hydroxylation is 1. The maximum absolute atomic E-state index is 12.7. The summed E-state index contributed by atoms with van der Waals surface area (Å²) in [5, 5.41) is 8.05. The van der Waals surface area contributed by atoms with Gasteiger partial charge in [0.05, 0.1) is 21.1 Å². The van der Waals surface area contributed by atoms with Crippen molar-refractivity contribution in [1.29, 1.82) is 0 Å². The molecule has 0 radical (unpaired) electrons. The van der Waals surface area contributed by atoms with Crippen LogP contribution >= 0.6 is 22.9 Å². The SMILES string of the molecule is CC(C)c1ccc2nc(NC(=O)c3nn(C)c4ccc(Cl)cc4c3=O)sc2c1. The molecule has 0 bridgehead atoms. The molecule has 0 aliphatic rings. The molecule has 6 nitrogen and oxygen atoms in total. The van der Waals surface area contributed by atoms with E-state index in [1.54, 1.807) is 25.2 Å². The Balaban J connectivity index is 1.71. The van der Waals surface area contributed by atoms with Crippen molar-refractivity contribution < 1.29 is 4.79 Å². The lowest BCUT2D eigenvalue weighted by Gasteiger charge is -2.07. The molecule has 4 rings (SSSR count). The van der Waals surface area contributed by atoms with Gasteiger partial charge in [0.1, 0.15) is 0 Å². The minimum Gasteiger partial charge on any atom is -0.296 e. The zero-order chi connectivity index (χ0) is 20.0. The van der Waals surface area contributed by atoms with Crippen LogP contribution in [0.2, 0.25) is 5.02 Å². The molecule has 0 atom stereocenters. The van der Waals surface area contributed by atoms with Gasteiger partial charge in [0.25, 0.3) is 5.91 Å². The van der Waals surface area contributed by atoms with Crippen LogP contribution in [0.15, 0.2) is 41.2 Å². The summed E-state index contributed by atoms with van der Waals surface area (Å²) in [5.74, 6) is -0.188. The van der Waals surface area contributed by atoms with Crippen LogP contribution in [-0.2, 0) is 7.05 Å². The van der Waals surface area contributed by atoms with E-state index in [0.717, 1.165) is 10.2 Å². The van der Waals surface area contributed by atoms with Crippen molar-refractivity contribution in [3.63, 3.8) is 0 Å². The van der Waals surface area contributed by atoms with E-state index in [-0.39, 0.29) is 5.69 Å². The number of nitrogens with one attached hydrogen (secondary N) is 1. The summed E-state index contributed by atoms with van der Waals surface area (Å²) < 4.78 is 2.47. The third kappa shape index (κ3) is 3.27. The van der Waals surface area contributed by atoms with Gasteiger partial charge in [-0.1, -0.05) is 42.9 Å². The van der Waals surface area contributed by atoms with Crippen molar-refractivity contribution in [2.75, 3.05) is 5.32 Å². The van der Waals surface area contributed by atoms with E-state index in [1.807, 2.05) is 12.1 Å². The summed E-state index contributed by atoms with van der Waals surface area (Å²) >= 11 is 7.37. The Morgan fingerprint density at radius 2 is 2.00 bits per heavy atom. The third-order valence-electron chi connectivity index (χ3n) is 4.53. The fourth-order valence-corrected chi connectivity index (χ4v) is 4.09. The Morgan fingerprint density at radius 1 is 1.21 bits per heavy atom. The first-order chi connectivity index (χ1) is 13.3. The molecule has 0 saturated carbocycles. The summed E-state index contributed by atoms with van der Waals surface area (Å²) in [5.41, 5.74) is 1.95. The molecule has 1 N–H and O–H groups in total. The van der Waals surface area contributed by atoms with Gasteiger partial charge < -0.3 is 0 Å². The average molecular weight is 413 g/mol. The summed E-state index contributed by atoms with van der Waals surface area (Å²) in [6, 6.07) is 11.0. The molecule has 2 heterocycles. The number of carbonyl (C=O) groups excluding carboxylic acids is 1. The fraction of sp³-hybridized carbons (Fsp3) is 0.200. The third-order valence-corrected chi connectivity index (χ3v) is 5.70. The molecule has 0 fully saturated rings. The molecule has 28 heavy (non-hydrogen) atoms. The summed E-state index contributed by atoms with van der Waals surface area (Å²) in [7, 11) is 1.68. The maximum atomic E-state index is 12.7. The molecule has 2 aromatic heterocycles. The van der Waals surface area contributed by atoms with E-state index in [2.05, 4.69) is 35.3 Å². The molecule has 4 aromatic rings. The average Bonchev–Trinajstić information content (AvgIpc) is 3.05. The van der Waals surface area contributed by atoms with Gasteiger partial charge in [-0.25, -0.2) is 4.98 Å². The van der Waals surface area contributed by atoms with Crippen LogP contribution in [0.1, 0.15) is 35.8 Å². The van der Waals surface area contributed by atoms with Crippen molar-refractivity contribution in [2.45, 2.75) is 19.8 Å². The number of aromatic nitrogens is 3. The monoisotopic (exact) mass is 412 g/mol. The van der Waals surface area contributed by atoms with E-state index < -0.39 is 11.3 Å². The Morgan fingerprint density at radius 3 is 2.75 bits per heavy atom. The highest BCUT2D eigenvalue weighted by Gasteiger charge is 2.18. The quantitative estimate of drug-likeness (QED) is 0.534. The molecule has 0 unspecified atom stereocenters. The number of fused-ring (bicyclic) bond motifs is 2. The second-order valence-electron chi connectivity index (χ2n) is 6.82. The highest BCUT2D eigenvalue weighted by Crippen LogP contribution is 2.29. The van der Waals surface area contributed by atoms with Crippen LogP contribution in [0, 0.1) is 0 Å². The minimum absolute atomic E-state index is 0.195. The Kier molecular flexibility index (Phi) is 4.64. The van der Waals surface area contributed by atoms with Crippen molar-refractivity contribution in [1.82, 2.24) is 14.8 Å². The van der Waals surface area contributed by atoms with Crippen molar-refractivity contribution in [2.24, 2.45) is 7.05 Å². The van der Waals surface area contributed by atoms with Crippen LogP contribution in [0.3, 0.4) is 0 Å². The molecule has 142 valence electrons. The second kappa shape index (κ2) is 7.00. The topological polar surface area (TPSA) is 76.9 Å². The molecule has 8 heteroatoms. The van der Waals surface area contributed by atoms with E-state index in [9.17, 15) is 9.59 Å². The first-order valence-electron chi connectivity index (χ1n) is 8.72. The van der Waals surface area contributed by atoms with Crippen molar-refractivity contribution in [3.8, 4) is 0 Å². The van der Waals surface area contributed by atoms with Crippen LogP contribution in [0.25, 0.3) is 21.1 Å². The molecule has 0 saturated heterocycles. The largest absolute Gasteiger partial charge is 0.296 e. The van der Waals surface area contributed by atoms with Gasteiger partial charge in [-0.3, -0.25) is 19.6 Å². The van der Waals surface area contributed by atoms with Gasteiger partial charge in [-0.05, 0) is 41.8 Å². The van der Waals surface area contributed by atoms with Crippen molar-refractivity contribution in [3.05, 3.63) is 62.9 Å². The number of carbonyl (C=O) groups is 1. The van der Waals surface area contributed by atoms with E-state index in [0.29, 0.717) is 27.0 Å². The Labute approximate surface area is 169 Å². The second-order valence-corrected chi connectivity index (χ2v) is 8.28. The Hall–Kier alpha value is -2.77. The first kappa shape index (κ1) is 18.6. The van der Waals surface area contributed by atoms with Crippen LogP contribution in [0.4, 0.5) is 5.13 Å². The smallest absolute Gasteiger partial charge is 0.281 e. The van der Waals surface area contributed by atoms with E-state index in [4.69, 9.17) is 11.6 Å². The lowest BCUT2D eigenvalue weighted by atomic mass is 10.0. The van der Waals surface area contributed by atoms with Gasteiger partial charge >= 0.3 is 0 Å². The van der Waals surface area contributed by atoms with Gasteiger partial charge in [0.15, 0.2) is 10.8 Å². The first-order valence-corrected chi connectivity index (χ1v) is 9.91. The number of thiazole rings is 1. The molecule has 0 aliphatic carbocycles. The summed E-state index contributed by atoms with van der Waals surface area (Å²) in [6.45, 7) is 4.25. The molecular formula is C20H17ClN4O2S. The summed E-state index contributed by atoms with van der Waals surface area (Å²) in [4.78, 5) is 29.9. The number of halogens is 1. The van der Waals surface area contributed by atoms with Crippen LogP contribution < -0.4 is 10.7 Å². The van der Waals surface area contributed by atoms with Crippen molar-refractivity contribution >= 4 is 55.1 Å². The standard InChI is InChI=1S/C20H17ClN4O2S/c1-10(2)11-4-6-14-16(8-11)28-20(22-14)23-19(27)17-18(26)13-9-12(21)5-7-15(13)25(3)24-17/h4-10H,1-3H3,(H,22,23,27). The Bertz CT molecular complexity index is 1290. The number of anilines is 1. The number of rotatable bonds is 3. The molecule has 1 amide bonds. The fourth-order valence-electron chi connectivity index (χ4n) is 3.01. The van der Waals surface area contributed by atoms with Gasteiger partial charge in [-0.2, -0.15) is 5.10 Å². The van der Waals surface area contributed by atoms with Gasteiger partial charge in [0, 0.05) is 12.1 Å². The van der Waals surface area contributed by atoms with E-state index >= 15 is 0 Å². The van der Waals surface area contributed by atoms with Gasteiger partial charge in [0.2, 0.25) is 5.43 Å². The number of benzene rings is 2. The molecular weight excluding hydrogens is 396 g/mol. The predicted octanol–water partition coefficient (Wildman–Crippen LogP) is 4.57. The number of nitrogens with zero attached hydrogens (tertiary/aromatic N) is 3. The molecule has 0 aliphatic heterocycles. The van der Waals surface area contributed by atoms with E-state index in [1.165, 1.54) is 21.6 Å². The number of hydrogen-bond acceptors (Lipinski definition) is 5. The normalized spacial score (nSPS) is 11.5. The zero-order valence-corrected chi connectivity index (χ0v) is 17.1. The summed E-state index contributed by atoms with van der Waals surface area (Å²) in [6.07, 6.45) is 0. The molecule has 2 aromatic carbocycles. The minimum atomic E-state index is -0.592. The zero-order valence-electron chi connectivity index (χ0n) is 15.5.